The molecule has 11 heteroatoms. The molecule has 0 saturated carbocycles. The summed E-state index contributed by atoms with van der Waals surface area (Å²) in [5, 5.41) is 13.7. The maximum atomic E-state index is 12.9. The van der Waals surface area contributed by atoms with E-state index >= 15 is 0 Å². The van der Waals surface area contributed by atoms with Crippen molar-refractivity contribution in [3.8, 4) is 11.5 Å². The summed E-state index contributed by atoms with van der Waals surface area (Å²) in [6, 6.07) is 9.92. The van der Waals surface area contributed by atoms with Crippen LogP contribution in [0.3, 0.4) is 0 Å². The molecule has 0 radical (unpaired) electrons. The van der Waals surface area contributed by atoms with Crippen molar-refractivity contribution in [2.75, 3.05) is 25.0 Å². The standard InChI is InChI=1S/C21H27N3O7S/c1-5-23(6-2)32(28,29)16-11-12-19(31-15(3)4)17(13-16)22-21(25)14-30-20-10-8-7-9-18(20)24(26)27/h7-13,15H,5-6,14H2,1-4H3,(H,22,25). The Morgan fingerprint density at radius 2 is 1.78 bits per heavy atom. The molecule has 0 saturated heterocycles. The second kappa shape index (κ2) is 10.9. The van der Waals surface area contributed by atoms with E-state index in [1.165, 1.54) is 40.7 Å². The Labute approximate surface area is 187 Å². The predicted octanol–water partition coefficient (Wildman–Crippen LogP) is 3.43. The summed E-state index contributed by atoms with van der Waals surface area (Å²) in [7, 11) is -3.75. The van der Waals surface area contributed by atoms with Crippen LogP contribution in [0.4, 0.5) is 11.4 Å². The van der Waals surface area contributed by atoms with Gasteiger partial charge in [0, 0.05) is 19.2 Å². The number of hydrogen-bond acceptors (Lipinski definition) is 7. The van der Waals surface area contributed by atoms with Gasteiger partial charge in [-0.05, 0) is 38.1 Å². The third kappa shape index (κ3) is 6.17. The molecule has 0 fully saturated rings. The van der Waals surface area contributed by atoms with E-state index in [1.807, 2.05) is 0 Å². The molecule has 0 spiro atoms. The van der Waals surface area contributed by atoms with Crippen molar-refractivity contribution in [2.45, 2.75) is 38.7 Å². The Bertz CT molecular complexity index is 1070. The Morgan fingerprint density at radius 3 is 2.38 bits per heavy atom. The van der Waals surface area contributed by atoms with Crippen LogP contribution < -0.4 is 14.8 Å². The number of para-hydroxylation sites is 2. The van der Waals surface area contributed by atoms with E-state index in [1.54, 1.807) is 33.8 Å². The summed E-state index contributed by atoms with van der Waals surface area (Å²) in [5.74, 6) is -0.393. The molecule has 174 valence electrons. The fraction of sp³-hybridized carbons (Fsp3) is 0.381. The molecule has 2 aromatic rings. The number of amides is 1. The van der Waals surface area contributed by atoms with Crippen LogP contribution >= 0.6 is 0 Å². The zero-order chi connectivity index (χ0) is 23.9. The number of nitro groups is 1. The summed E-state index contributed by atoms with van der Waals surface area (Å²) < 4.78 is 38.0. The first kappa shape index (κ1) is 25.1. The summed E-state index contributed by atoms with van der Waals surface area (Å²) in [6.07, 6.45) is -0.223. The van der Waals surface area contributed by atoms with Crippen LogP contribution in [0.5, 0.6) is 11.5 Å². The minimum absolute atomic E-state index is 0.00669. The fourth-order valence-electron chi connectivity index (χ4n) is 2.90. The van der Waals surface area contributed by atoms with Crippen molar-refractivity contribution in [3.05, 3.63) is 52.6 Å². The van der Waals surface area contributed by atoms with Crippen LogP contribution in [0.15, 0.2) is 47.4 Å². The lowest BCUT2D eigenvalue weighted by atomic mass is 10.2. The van der Waals surface area contributed by atoms with E-state index in [0.717, 1.165) is 0 Å². The summed E-state index contributed by atoms with van der Waals surface area (Å²) >= 11 is 0. The number of sulfonamides is 1. The molecule has 2 rings (SSSR count). The lowest BCUT2D eigenvalue weighted by Gasteiger charge is -2.20. The quantitative estimate of drug-likeness (QED) is 0.398. The molecule has 0 atom stereocenters. The highest BCUT2D eigenvalue weighted by Crippen LogP contribution is 2.30. The number of nitro benzene ring substituents is 1. The number of ether oxygens (including phenoxy) is 2. The van der Waals surface area contributed by atoms with Crippen LogP contribution in [0.25, 0.3) is 0 Å². The number of carbonyl (C=O) groups is 1. The molecule has 1 amide bonds. The van der Waals surface area contributed by atoms with Gasteiger partial charge in [0.05, 0.1) is 21.6 Å². The molecule has 32 heavy (non-hydrogen) atoms. The first-order chi connectivity index (χ1) is 15.1. The number of nitrogens with zero attached hydrogens (tertiary/aromatic N) is 2. The van der Waals surface area contributed by atoms with Gasteiger partial charge in [0.2, 0.25) is 10.0 Å². The molecular weight excluding hydrogens is 438 g/mol. The fourth-order valence-corrected chi connectivity index (χ4v) is 4.38. The van der Waals surface area contributed by atoms with Gasteiger partial charge in [0.1, 0.15) is 5.75 Å². The van der Waals surface area contributed by atoms with Gasteiger partial charge < -0.3 is 14.8 Å². The zero-order valence-electron chi connectivity index (χ0n) is 18.4. The molecule has 0 aliphatic carbocycles. The first-order valence-corrected chi connectivity index (χ1v) is 11.5. The van der Waals surface area contributed by atoms with Gasteiger partial charge in [-0.25, -0.2) is 8.42 Å². The lowest BCUT2D eigenvalue weighted by Crippen LogP contribution is -2.30. The number of nitrogens with one attached hydrogen (secondary N) is 1. The highest BCUT2D eigenvalue weighted by Gasteiger charge is 2.24. The highest BCUT2D eigenvalue weighted by atomic mass is 32.2. The molecule has 0 aliphatic rings. The van der Waals surface area contributed by atoms with Crippen LogP contribution in [0.2, 0.25) is 0 Å². The third-order valence-corrected chi connectivity index (χ3v) is 6.40. The Hall–Kier alpha value is -3.18. The summed E-state index contributed by atoms with van der Waals surface area (Å²) in [5.41, 5.74) is -0.112. The maximum Gasteiger partial charge on any atom is 0.310 e. The third-order valence-electron chi connectivity index (χ3n) is 4.35. The molecule has 1 N–H and O–H groups in total. The molecular formula is C21H27N3O7S. The normalized spacial score (nSPS) is 11.4. The average Bonchev–Trinajstić information content (AvgIpc) is 2.73. The number of anilines is 1. The molecule has 0 unspecified atom stereocenters. The van der Waals surface area contributed by atoms with Gasteiger partial charge in [-0.15, -0.1) is 0 Å². The maximum absolute atomic E-state index is 12.9. The van der Waals surface area contributed by atoms with Gasteiger partial charge in [0.25, 0.3) is 5.91 Å². The van der Waals surface area contributed by atoms with Crippen LogP contribution in [-0.4, -0.2) is 49.4 Å². The Balaban J connectivity index is 2.28. The highest BCUT2D eigenvalue weighted by molar-refractivity contribution is 7.89. The predicted molar refractivity (Wildman–Crippen MR) is 120 cm³/mol. The summed E-state index contributed by atoms with van der Waals surface area (Å²) in [6.45, 7) is 7.15. The van der Waals surface area contributed by atoms with E-state index in [2.05, 4.69) is 5.32 Å². The van der Waals surface area contributed by atoms with Gasteiger partial charge in [-0.3, -0.25) is 14.9 Å². The van der Waals surface area contributed by atoms with Crippen molar-refractivity contribution >= 4 is 27.3 Å². The molecule has 2 aromatic carbocycles. The van der Waals surface area contributed by atoms with Crippen LogP contribution in [0, 0.1) is 10.1 Å². The number of hydrogen-bond donors (Lipinski definition) is 1. The molecule has 0 heterocycles. The van der Waals surface area contributed by atoms with Crippen molar-refractivity contribution < 1.29 is 27.6 Å². The topological polar surface area (TPSA) is 128 Å². The van der Waals surface area contributed by atoms with E-state index in [-0.39, 0.29) is 33.9 Å². The SMILES string of the molecule is CCN(CC)S(=O)(=O)c1ccc(OC(C)C)c(NC(=O)COc2ccccc2[N+](=O)[O-])c1. The number of rotatable bonds is 11. The van der Waals surface area contributed by atoms with Crippen molar-refractivity contribution in [1.82, 2.24) is 4.31 Å². The zero-order valence-corrected chi connectivity index (χ0v) is 19.2. The van der Waals surface area contributed by atoms with E-state index in [9.17, 15) is 23.3 Å². The lowest BCUT2D eigenvalue weighted by molar-refractivity contribution is -0.385. The van der Waals surface area contributed by atoms with Gasteiger partial charge >= 0.3 is 5.69 Å². The Morgan fingerprint density at radius 1 is 1.12 bits per heavy atom. The second-order valence-electron chi connectivity index (χ2n) is 6.98. The van der Waals surface area contributed by atoms with Gasteiger partial charge in [-0.2, -0.15) is 4.31 Å². The van der Waals surface area contributed by atoms with Crippen molar-refractivity contribution in [1.29, 1.82) is 0 Å². The molecule has 0 bridgehead atoms. The Kier molecular flexibility index (Phi) is 8.56. The van der Waals surface area contributed by atoms with E-state index in [4.69, 9.17) is 9.47 Å². The van der Waals surface area contributed by atoms with Crippen LogP contribution in [-0.2, 0) is 14.8 Å². The monoisotopic (exact) mass is 465 g/mol. The number of benzene rings is 2. The first-order valence-electron chi connectivity index (χ1n) is 10.1. The largest absolute Gasteiger partial charge is 0.489 e. The minimum atomic E-state index is -3.75. The van der Waals surface area contributed by atoms with Gasteiger partial charge in [0.15, 0.2) is 12.4 Å². The summed E-state index contributed by atoms with van der Waals surface area (Å²) in [4.78, 5) is 23.0. The van der Waals surface area contributed by atoms with E-state index < -0.39 is 27.5 Å². The van der Waals surface area contributed by atoms with E-state index in [0.29, 0.717) is 13.1 Å². The second-order valence-corrected chi connectivity index (χ2v) is 8.91. The molecule has 10 nitrogen and oxygen atoms in total. The molecule has 0 aromatic heterocycles. The van der Waals surface area contributed by atoms with Gasteiger partial charge in [-0.1, -0.05) is 26.0 Å². The molecule has 0 aliphatic heterocycles. The smallest absolute Gasteiger partial charge is 0.310 e. The van der Waals surface area contributed by atoms with Crippen molar-refractivity contribution in [2.24, 2.45) is 0 Å². The number of carbonyl (C=O) groups excluding carboxylic acids is 1. The van der Waals surface area contributed by atoms with Crippen LogP contribution in [0.1, 0.15) is 27.7 Å². The van der Waals surface area contributed by atoms with Crippen molar-refractivity contribution in [3.63, 3.8) is 0 Å². The minimum Gasteiger partial charge on any atom is -0.489 e. The average molecular weight is 466 g/mol.